The van der Waals surface area contributed by atoms with E-state index in [1.54, 1.807) is 0 Å². The van der Waals surface area contributed by atoms with Crippen molar-refractivity contribution in [3.8, 4) is 0 Å². The van der Waals surface area contributed by atoms with Crippen LogP contribution in [0.2, 0.25) is 0 Å². The van der Waals surface area contributed by atoms with Gasteiger partial charge in [-0.05, 0) is 0 Å². The maximum atomic E-state index is 2.46. The molecule has 0 spiro atoms. The Bertz CT molecular complexity index is 186. The summed E-state index contributed by atoms with van der Waals surface area (Å²) in [6.07, 6.45) is 0. The molecule has 0 saturated carbocycles. The maximum Gasteiger partial charge on any atom is 0.0398 e. The lowest BCUT2D eigenvalue weighted by molar-refractivity contribution is 0.688. The molecule has 2 unspecified atom stereocenters. The van der Waals surface area contributed by atoms with Gasteiger partial charge in [-0.2, -0.15) is 0 Å². The van der Waals surface area contributed by atoms with Crippen LogP contribution in [0.25, 0.3) is 0 Å². The predicted molar refractivity (Wildman–Crippen MR) is 48.4 cm³/mol. The second kappa shape index (κ2) is 2.56. The van der Waals surface area contributed by atoms with Crippen LogP contribution in [0.5, 0.6) is 0 Å². The molecule has 10 heavy (non-hydrogen) atoms. The Hall–Kier alpha value is -0.0000000000000000555. The van der Waals surface area contributed by atoms with Gasteiger partial charge in [-0.25, -0.2) is 0 Å². The summed E-state index contributed by atoms with van der Waals surface area (Å²) in [4.78, 5) is 0. The molecule has 0 fully saturated rings. The van der Waals surface area contributed by atoms with Crippen LogP contribution in [0, 0.1) is 0 Å². The van der Waals surface area contributed by atoms with Crippen LogP contribution < -0.4 is 0 Å². The summed E-state index contributed by atoms with van der Waals surface area (Å²) in [7, 11) is 6.44. The monoisotopic (exact) mass is 179 g/mol. The zero-order valence-electron chi connectivity index (χ0n) is 7.24. The van der Waals surface area contributed by atoms with Gasteiger partial charge in [0.25, 0.3) is 0 Å². The van der Waals surface area contributed by atoms with Crippen molar-refractivity contribution in [1.82, 2.24) is 13.0 Å². The van der Waals surface area contributed by atoms with Gasteiger partial charge in [0.05, 0.1) is 0 Å². The summed E-state index contributed by atoms with van der Waals surface area (Å²) >= 11 is 0. The van der Waals surface area contributed by atoms with Gasteiger partial charge in [0.2, 0.25) is 0 Å². The van der Waals surface area contributed by atoms with Gasteiger partial charge in [0, 0.05) is 50.2 Å². The fraction of sp³-hybridized carbons (Fsp3) is 1.00. The molecule has 0 saturated heterocycles. The average Bonchev–Trinajstić information content (AvgIpc) is 2.07. The van der Waals surface area contributed by atoms with Crippen LogP contribution in [-0.2, 0) is 34.5 Å². The SMILES string of the molecule is Cn1n(C)p(C)n(C)p1C. The van der Waals surface area contributed by atoms with Crippen LogP contribution in [0.4, 0.5) is 0 Å². The second-order valence-electron chi connectivity index (χ2n) is 2.45. The molecule has 3 nitrogen and oxygen atoms in total. The van der Waals surface area contributed by atoms with Crippen molar-refractivity contribution in [2.75, 3.05) is 0 Å². The zero-order valence-corrected chi connectivity index (χ0v) is 9.02. The van der Waals surface area contributed by atoms with E-state index < -0.39 is 0 Å². The van der Waals surface area contributed by atoms with Gasteiger partial charge >= 0.3 is 0 Å². The molecule has 1 rings (SSSR count). The molecule has 60 valence electrons. The molecule has 0 aromatic carbocycles. The van der Waals surface area contributed by atoms with Crippen molar-refractivity contribution in [2.24, 2.45) is 34.5 Å². The van der Waals surface area contributed by atoms with Crippen LogP contribution in [0.15, 0.2) is 0 Å². The second-order valence-corrected chi connectivity index (χ2v) is 7.08. The molecular formula is C5H15N3P2. The molecule has 1 aromatic rings. The topological polar surface area (TPSA) is 14.8 Å². The molecule has 5 heteroatoms. The molecule has 0 N–H and O–H groups in total. The first-order valence-corrected chi connectivity index (χ1v) is 6.62. The van der Waals surface area contributed by atoms with E-state index in [0.29, 0.717) is 0 Å². The summed E-state index contributed by atoms with van der Waals surface area (Å²) in [5.41, 5.74) is 0. The first-order valence-electron chi connectivity index (χ1n) is 3.24. The Morgan fingerprint density at radius 2 is 1.10 bits per heavy atom. The fourth-order valence-corrected chi connectivity index (χ4v) is 5.32. The van der Waals surface area contributed by atoms with Gasteiger partial charge in [0.1, 0.15) is 0 Å². The molecule has 0 aliphatic heterocycles. The summed E-state index contributed by atoms with van der Waals surface area (Å²) in [6.45, 7) is 4.58. The van der Waals surface area contributed by atoms with Crippen LogP contribution in [0.3, 0.4) is 0 Å². The highest BCUT2D eigenvalue weighted by Crippen LogP contribution is 2.33. The lowest BCUT2D eigenvalue weighted by atomic mass is 11.4. The number of rotatable bonds is 0. The number of nitrogens with zero attached hydrogens (tertiary/aromatic N) is 3. The summed E-state index contributed by atoms with van der Waals surface area (Å²) in [5.74, 6) is 0. The van der Waals surface area contributed by atoms with E-state index in [4.69, 9.17) is 0 Å². The smallest absolute Gasteiger partial charge is 0.0398 e. The van der Waals surface area contributed by atoms with Gasteiger partial charge in [-0.3, -0.25) is 13.0 Å². The van der Waals surface area contributed by atoms with E-state index in [-0.39, 0.29) is 15.7 Å². The highest BCUT2D eigenvalue weighted by atomic mass is 31.1. The van der Waals surface area contributed by atoms with E-state index in [9.17, 15) is 0 Å². The van der Waals surface area contributed by atoms with Crippen molar-refractivity contribution in [3.63, 3.8) is 0 Å². The van der Waals surface area contributed by atoms with Crippen molar-refractivity contribution < 1.29 is 0 Å². The largest absolute Gasteiger partial charge is 0.298 e. The lowest BCUT2D eigenvalue weighted by Crippen LogP contribution is -1.98. The Morgan fingerprint density at radius 1 is 0.800 bits per heavy atom. The minimum atomic E-state index is -0.0448. The number of aromatic nitrogens is 3. The molecule has 0 aliphatic rings. The molecule has 0 bridgehead atoms. The molecule has 1 aromatic heterocycles. The molecule has 2 atom stereocenters. The first-order chi connectivity index (χ1) is 4.55. The third kappa shape index (κ3) is 0.980. The van der Waals surface area contributed by atoms with E-state index in [1.807, 2.05) is 0 Å². The maximum absolute atomic E-state index is 2.46. The van der Waals surface area contributed by atoms with Crippen LogP contribution in [0.1, 0.15) is 0 Å². The highest BCUT2D eigenvalue weighted by Gasteiger charge is 2.00. The Morgan fingerprint density at radius 3 is 1.20 bits per heavy atom. The molecule has 0 amide bonds. The Labute approximate surface area is 63.9 Å². The first kappa shape index (κ1) is 8.10. The third-order valence-corrected chi connectivity index (χ3v) is 7.68. The normalized spacial score (nSPS) is 14.1. The highest BCUT2D eigenvalue weighted by molar-refractivity contribution is 7.53. The summed E-state index contributed by atoms with van der Waals surface area (Å²) < 4.78 is 7.13. The number of hydrogen-bond donors (Lipinski definition) is 0. The minimum absolute atomic E-state index is 0.0448. The van der Waals surface area contributed by atoms with Crippen molar-refractivity contribution in [3.05, 3.63) is 0 Å². The summed E-state index contributed by atoms with van der Waals surface area (Å²) in [6, 6.07) is 0. The van der Waals surface area contributed by atoms with E-state index in [2.05, 4.69) is 47.5 Å². The molecule has 0 aliphatic carbocycles. The van der Waals surface area contributed by atoms with Crippen molar-refractivity contribution in [2.45, 2.75) is 0 Å². The Balaban J connectivity index is 3.44. The summed E-state index contributed by atoms with van der Waals surface area (Å²) in [5, 5.41) is 0. The van der Waals surface area contributed by atoms with Crippen LogP contribution in [-0.4, -0.2) is 13.0 Å². The fourth-order valence-electron chi connectivity index (χ4n) is 0.937. The van der Waals surface area contributed by atoms with Gasteiger partial charge in [-0.15, -0.1) is 0 Å². The standard InChI is InChI=1S/C5H15N3P2/c1-6-7(2)10(5)8(3)9(6)4/h1-5H3. The Kier molecular flexibility index (Phi) is 2.07. The predicted octanol–water partition coefficient (Wildman–Crippen LogP) is 1.87. The number of hydrogen-bond acceptors (Lipinski definition) is 0. The molecule has 0 radical (unpaired) electrons. The van der Waals surface area contributed by atoms with Crippen LogP contribution >= 0.6 is 15.7 Å². The van der Waals surface area contributed by atoms with Crippen molar-refractivity contribution >= 4 is 15.7 Å². The lowest BCUT2D eigenvalue weighted by Gasteiger charge is -2.00. The van der Waals surface area contributed by atoms with Crippen molar-refractivity contribution in [1.29, 1.82) is 0 Å². The van der Waals surface area contributed by atoms with Gasteiger partial charge in [-0.1, -0.05) is 0 Å². The quantitative estimate of drug-likeness (QED) is 0.577. The zero-order chi connectivity index (χ0) is 7.89. The third-order valence-electron chi connectivity index (χ3n) is 2.09. The minimum Gasteiger partial charge on any atom is -0.298 e. The molecular weight excluding hydrogens is 164 g/mol. The van der Waals surface area contributed by atoms with Gasteiger partial charge in [0.15, 0.2) is 0 Å². The van der Waals surface area contributed by atoms with Gasteiger partial charge < -0.3 is 0 Å². The van der Waals surface area contributed by atoms with E-state index in [0.717, 1.165) is 0 Å². The molecule has 1 heterocycles. The van der Waals surface area contributed by atoms with E-state index in [1.165, 1.54) is 0 Å². The average molecular weight is 179 g/mol. The van der Waals surface area contributed by atoms with E-state index >= 15 is 0 Å².